The number of aliphatic hydroxyl groups excluding tert-OH is 1. The highest BCUT2D eigenvalue weighted by molar-refractivity contribution is 5.71. The van der Waals surface area contributed by atoms with Gasteiger partial charge in [-0.3, -0.25) is 9.69 Å². The average molecular weight is 173 g/mol. The van der Waals surface area contributed by atoms with Gasteiger partial charge in [0.05, 0.1) is 12.0 Å². The van der Waals surface area contributed by atoms with Crippen molar-refractivity contribution in [3.63, 3.8) is 0 Å². The SMILES string of the molecule is CCC(O)CN1CC(C(=O)O)C1. The van der Waals surface area contributed by atoms with E-state index in [9.17, 15) is 9.90 Å². The van der Waals surface area contributed by atoms with Crippen molar-refractivity contribution in [1.82, 2.24) is 4.90 Å². The lowest BCUT2D eigenvalue weighted by molar-refractivity contribution is -0.148. The first-order valence-electron chi connectivity index (χ1n) is 4.26. The molecule has 0 spiro atoms. The maximum Gasteiger partial charge on any atom is 0.309 e. The summed E-state index contributed by atoms with van der Waals surface area (Å²) < 4.78 is 0. The Bertz CT molecular complexity index is 166. The molecule has 1 rings (SSSR count). The number of hydrogen-bond acceptors (Lipinski definition) is 3. The number of aliphatic hydroxyl groups is 1. The summed E-state index contributed by atoms with van der Waals surface area (Å²) in [5.74, 6) is -0.939. The second-order valence-electron chi connectivity index (χ2n) is 3.32. The quantitative estimate of drug-likeness (QED) is 0.616. The molecule has 0 saturated carbocycles. The van der Waals surface area contributed by atoms with Gasteiger partial charge in [0.25, 0.3) is 0 Å². The van der Waals surface area contributed by atoms with Crippen LogP contribution in [0.15, 0.2) is 0 Å². The Labute approximate surface area is 71.8 Å². The molecular formula is C8H15NO3. The van der Waals surface area contributed by atoms with Crippen LogP contribution >= 0.6 is 0 Å². The van der Waals surface area contributed by atoms with E-state index in [-0.39, 0.29) is 12.0 Å². The van der Waals surface area contributed by atoms with E-state index < -0.39 is 5.97 Å². The Balaban J connectivity index is 2.13. The van der Waals surface area contributed by atoms with Crippen molar-refractivity contribution >= 4 is 5.97 Å². The van der Waals surface area contributed by atoms with E-state index in [1.165, 1.54) is 0 Å². The topological polar surface area (TPSA) is 60.8 Å². The van der Waals surface area contributed by atoms with E-state index in [0.717, 1.165) is 6.42 Å². The molecule has 4 heteroatoms. The maximum atomic E-state index is 10.4. The summed E-state index contributed by atoms with van der Waals surface area (Å²) in [6.07, 6.45) is 0.425. The molecule has 0 aromatic carbocycles. The minimum atomic E-state index is -0.725. The van der Waals surface area contributed by atoms with Crippen molar-refractivity contribution in [2.24, 2.45) is 5.92 Å². The van der Waals surface area contributed by atoms with Crippen LogP contribution in [0.1, 0.15) is 13.3 Å². The van der Waals surface area contributed by atoms with Crippen LogP contribution in [0.3, 0.4) is 0 Å². The molecular weight excluding hydrogens is 158 g/mol. The van der Waals surface area contributed by atoms with E-state index in [1.54, 1.807) is 0 Å². The Hall–Kier alpha value is -0.610. The van der Waals surface area contributed by atoms with Crippen LogP contribution in [0.25, 0.3) is 0 Å². The van der Waals surface area contributed by atoms with Crippen molar-refractivity contribution in [2.75, 3.05) is 19.6 Å². The highest BCUT2D eigenvalue weighted by Gasteiger charge is 2.32. The lowest BCUT2D eigenvalue weighted by Crippen LogP contribution is -2.52. The Morgan fingerprint density at radius 3 is 2.67 bits per heavy atom. The number of carboxylic acids is 1. The Morgan fingerprint density at radius 2 is 2.25 bits per heavy atom. The van der Waals surface area contributed by atoms with Crippen LogP contribution in [0.5, 0.6) is 0 Å². The van der Waals surface area contributed by atoms with Crippen LogP contribution in [0, 0.1) is 5.92 Å². The number of carbonyl (C=O) groups is 1. The Morgan fingerprint density at radius 1 is 1.67 bits per heavy atom. The molecule has 0 amide bonds. The molecule has 0 bridgehead atoms. The number of carboxylic acid groups (broad SMARTS) is 1. The summed E-state index contributed by atoms with van der Waals surface area (Å²) in [7, 11) is 0. The molecule has 0 aromatic heterocycles. The number of nitrogens with zero attached hydrogens (tertiary/aromatic N) is 1. The fourth-order valence-electron chi connectivity index (χ4n) is 1.30. The van der Waals surface area contributed by atoms with Gasteiger partial charge in [0.15, 0.2) is 0 Å². The van der Waals surface area contributed by atoms with Crippen LogP contribution in [-0.2, 0) is 4.79 Å². The molecule has 1 aliphatic rings. The summed E-state index contributed by atoms with van der Waals surface area (Å²) >= 11 is 0. The first-order chi connectivity index (χ1) is 5.63. The number of aliphatic carboxylic acids is 1. The summed E-state index contributed by atoms with van der Waals surface area (Å²) in [5.41, 5.74) is 0. The lowest BCUT2D eigenvalue weighted by atomic mass is 10.00. The third kappa shape index (κ3) is 2.19. The predicted molar refractivity (Wildman–Crippen MR) is 43.9 cm³/mol. The molecule has 4 nitrogen and oxygen atoms in total. The third-order valence-electron chi connectivity index (χ3n) is 2.25. The van der Waals surface area contributed by atoms with Gasteiger partial charge >= 0.3 is 5.97 Å². The molecule has 70 valence electrons. The maximum absolute atomic E-state index is 10.4. The van der Waals surface area contributed by atoms with Crippen LogP contribution in [0.2, 0.25) is 0 Å². The van der Waals surface area contributed by atoms with Gasteiger partial charge < -0.3 is 10.2 Å². The number of rotatable bonds is 4. The molecule has 0 radical (unpaired) electrons. The summed E-state index contributed by atoms with van der Waals surface area (Å²) in [4.78, 5) is 12.4. The van der Waals surface area contributed by atoms with Crippen molar-refractivity contribution in [3.05, 3.63) is 0 Å². The molecule has 1 aliphatic heterocycles. The van der Waals surface area contributed by atoms with Gasteiger partial charge in [-0.2, -0.15) is 0 Å². The predicted octanol–water partition coefficient (Wildman–Crippen LogP) is -0.226. The second kappa shape index (κ2) is 3.87. The highest BCUT2D eigenvalue weighted by Crippen LogP contribution is 2.15. The normalized spacial score (nSPS) is 21.8. The first kappa shape index (κ1) is 9.48. The van der Waals surface area contributed by atoms with E-state index in [1.807, 2.05) is 11.8 Å². The van der Waals surface area contributed by atoms with Gasteiger partial charge in [0.2, 0.25) is 0 Å². The van der Waals surface area contributed by atoms with Gasteiger partial charge in [0.1, 0.15) is 0 Å². The number of likely N-dealkylation sites (tertiary alicyclic amines) is 1. The van der Waals surface area contributed by atoms with Crippen molar-refractivity contribution in [3.8, 4) is 0 Å². The summed E-state index contributed by atoms with van der Waals surface area (Å²) in [6.45, 7) is 3.71. The Kier molecular flexibility index (Phi) is 3.05. The highest BCUT2D eigenvalue weighted by atomic mass is 16.4. The average Bonchev–Trinajstić information content (AvgIpc) is 1.94. The van der Waals surface area contributed by atoms with E-state index >= 15 is 0 Å². The van der Waals surface area contributed by atoms with Crippen molar-refractivity contribution in [2.45, 2.75) is 19.4 Å². The van der Waals surface area contributed by atoms with Crippen LogP contribution in [0.4, 0.5) is 0 Å². The smallest absolute Gasteiger partial charge is 0.309 e. The van der Waals surface area contributed by atoms with E-state index in [0.29, 0.717) is 19.6 Å². The van der Waals surface area contributed by atoms with Gasteiger partial charge in [-0.25, -0.2) is 0 Å². The minimum absolute atomic E-state index is 0.214. The second-order valence-corrected chi connectivity index (χ2v) is 3.32. The molecule has 1 heterocycles. The van der Waals surface area contributed by atoms with Gasteiger partial charge in [0, 0.05) is 19.6 Å². The molecule has 12 heavy (non-hydrogen) atoms. The zero-order valence-corrected chi connectivity index (χ0v) is 7.23. The standard InChI is InChI=1S/C8H15NO3/c1-2-7(10)5-9-3-6(4-9)8(11)12/h6-7,10H,2-5H2,1H3,(H,11,12). The van der Waals surface area contributed by atoms with E-state index in [4.69, 9.17) is 5.11 Å². The zero-order chi connectivity index (χ0) is 9.14. The fraction of sp³-hybridized carbons (Fsp3) is 0.875. The summed E-state index contributed by atoms with van der Waals surface area (Å²) in [6, 6.07) is 0. The van der Waals surface area contributed by atoms with Gasteiger partial charge in [-0.05, 0) is 6.42 Å². The molecule has 0 aliphatic carbocycles. The summed E-state index contributed by atoms with van der Waals surface area (Å²) in [5, 5.41) is 17.8. The number of β-amino-alcohol motifs (C(OH)–C–C–N with tert-alkyl or cyclic N) is 1. The van der Waals surface area contributed by atoms with Crippen LogP contribution < -0.4 is 0 Å². The largest absolute Gasteiger partial charge is 0.481 e. The zero-order valence-electron chi connectivity index (χ0n) is 7.23. The van der Waals surface area contributed by atoms with E-state index in [2.05, 4.69) is 0 Å². The van der Waals surface area contributed by atoms with Crippen LogP contribution in [-0.4, -0.2) is 46.8 Å². The molecule has 1 fully saturated rings. The van der Waals surface area contributed by atoms with Crippen molar-refractivity contribution in [1.29, 1.82) is 0 Å². The fourth-order valence-corrected chi connectivity index (χ4v) is 1.30. The molecule has 2 N–H and O–H groups in total. The molecule has 0 aromatic rings. The van der Waals surface area contributed by atoms with Crippen molar-refractivity contribution < 1.29 is 15.0 Å². The molecule has 1 atom stereocenters. The first-order valence-corrected chi connectivity index (χ1v) is 4.26. The monoisotopic (exact) mass is 173 g/mol. The van der Waals surface area contributed by atoms with Gasteiger partial charge in [-0.1, -0.05) is 6.92 Å². The number of hydrogen-bond donors (Lipinski definition) is 2. The molecule has 1 unspecified atom stereocenters. The van der Waals surface area contributed by atoms with Gasteiger partial charge in [-0.15, -0.1) is 0 Å². The lowest BCUT2D eigenvalue weighted by Gasteiger charge is -2.37. The minimum Gasteiger partial charge on any atom is -0.481 e. The third-order valence-corrected chi connectivity index (χ3v) is 2.25. The molecule has 1 saturated heterocycles.